The number of amides is 1. The summed E-state index contributed by atoms with van der Waals surface area (Å²) >= 11 is 0. The zero-order valence-electron chi connectivity index (χ0n) is 13.5. The fourth-order valence-corrected chi connectivity index (χ4v) is 2.57. The van der Waals surface area contributed by atoms with Crippen LogP contribution in [-0.4, -0.2) is 68.8 Å². The topological polar surface area (TPSA) is 57.7 Å². The number of anilines is 1. The van der Waals surface area contributed by atoms with Crippen LogP contribution in [0.3, 0.4) is 0 Å². The van der Waals surface area contributed by atoms with Crippen molar-refractivity contribution in [2.45, 2.75) is 13.3 Å². The molecule has 0 aliphatic carbocycles. The van der Waals surface area contributed by atoms with Crippen LogP contribution >= 0.6 is 0 Å². The average molecular weight is 306 g/mol. The minimum absolute atomic E-state index is 0.120. The van der Waals surface area contributed by atoms with E-state index in [1.807, 2.05) is 12.1 Å². The molecule has 0 radical (unpaired) electrons. The van der Waals surface area contributed by atoms with Gasteiger partial charge in [-0.15, -0.1) is 0 Å². The van der Waals surface area contributed by atoms with Gasteiger partial charge in [-0.05, 0) is 25.1 Å². The van der Waals surface area contributed by atoms with E-state index in [2.05, 4.69) is 27.0 Å². The van der Waals surface area contributed by atoms with Gasteiger partial charge in [0.25, 0.3) is 5.91 Å². The number of likely N-dealkylation sites (N-methyl/N-ethyl adjacent to an activating group) is 1. The number of carbonyl (C=O) groups excluding carboxylic acids is 1. The van der Waals surface area contributed by atoms with Crippen LogP contribution in [0.1, 0.15) is 23.8 Å². The van der Waals surface area contributed by atoms with E-state index in [1.54, 1.807) is 13.3 Å². The highest BCUT2D eigenvalue weighted by molar-refractivity contribution is 5.93. The van der Waals surface area contributed by atoms with Gasteiger partial charge in [-0.1, -0.05) is 6.92 Å². The molecule has 1 aliphatic rings. The van der Waals surface area contributed by atoms with Crippen LogP contribution in [-0.2, 0) is 4.74 Å². The molecule has 1 aromatic heterocycles. The second-order valence-electron chi connectivity index (χ2n) is 5.42. The van der Waals surface area contributed by atoms with Crippen molar-refractivity contribution in [2.75, 3.05) is 57.9 Å². The third-order valence-corrected chi connectivity index (χ3v) is 3.97. The van der Waals surface area contributed by atoms with Crippen LogP contribution in [0.4, 0.5) is 5.69 Å². The highest BCUT2D eigenvalue weighted by Crippen LogP contribution is 2.16. The number of hydrogen-bond acceptors (Lipinski definition) is 5. The van der Waals surface area contributed by atoms with Gasteiger partial charge >= 0.3 is 0 Å². The molecule has 0 bridgehead atoms. The number of nitrogens with one attached hydrogen (secondary N) is 1. The first-order valence-corrected chi connectivity index (χ1v) is 7.95. The monoisotopic (exact) mass is 306 g/mol. The van der Waals surface area contributed by atoms with Crippen molar-refractivity contribution in [1.82, 2.24) is 15.2 Å². The first kappa shape index (κ1) is 16.7. The Morgan fingerprint density at radius 3 is 2.82 bits per heavy atom. The van der Waals surface area contributed by atoms with Crippen molar-refractivity contribution in [3.63, 3.8) is 0 Å². The first-order chi connectivity index (χ1) is 10.7. The Morgan fingerprint density at radius 2 is 2.14 bits per heavy atom. The Kier molecular flexibility index (Phi) is 6.61. The second kappa shape index (κ2) is 8.70. The van der Waals surface area contributed by atoms with Crippen molar-refractivity contribution in [3.8, 4) is 0 Å². The molecule has 1 saturated heterocycles. The largest absolute Gasteiger partial charge is 0.385 e. The molecule has 0 unspecified atom stereocenters. The van der Waals surface area contributed by atoms with Crippen LogP contribution in [0.25, 0.3) is 0 Å². The number of ether oxygens (including phenoxy) is 1. The molecule has 2 rings (SSSR count). The third-order valence-electron chi connectivity index (χ3n) is 3.97. The number of piperazine rings is 1. The van der Waals surface area contributed by atoms with Gasteiger partial charge in [-0.25, -0.2) is 0 Å². The lowest BCUT2D eigenvalue weighted by atomic mass is 10.2. The molecule has 1 N–H and O–H groups in total. The van der Waals surface area contributed by atoms with E-state index < -0.39 is 0 Å². The fourth-order valence-electron chi connectivity index (χ4n) is 2.57. The Balaban J connectivity index is 1.91. The van der Waals surface area contributed by atoms with Gasteiger partial charge in [0.1, 0.15) is 5.69 Å². The van der Waals surface area contributed by atoms with Gasteiger partial charge in [0.15, 0.2) is 0 Å². The number of carbonyl (C=O) groups is 1. The van der Waals surface area contributed by atoms with Gasteiger partial charge in [0.2, 0.25) is 0 Å². The molecule has 6 nitrogen and oxygen atoms in total. The average Bonchev–Trinajstić information content (AvgIpc) is 2.59. The summed E-state index contributed by atoms with van der Waals surface area (Å²) in [6.45, 7) is 8.66. The lowest BCUT2D eigenvalue weighted by molar-refractivity contribution is 0.0943. The molecule has 122 valence electrons. The molecule has 0 spiro atoms. The molecule has 1 aromatic rings. The van der Waals surface area contributed by atoms with Crippen LogP contribution in [0, 0.1) is 0 Å². The van der Waals surface area contributed by atoms with Gasteiger partial charge in [0, 0.05) is 58.3 Å². The molecule has 0 aromatic carbocycles. The van der Waals surface area contributed by atoms with E-state index in [1.165, 1.54) is 0 Å². The number of aromatic nitrogens is 1. The Morgan fingerprint density at radius 1 is 1.36 bits per heavy atom. The van der Waals surface area contributed by atoms with Gasteiger partial charge in [0.05, 0.1) is 0 Å². The molecule has 2 heterocycles. The van der Waals surface area contributed by atoms with Crippen molar-refractivity contribution in [1.29, 1.82) is 0 Å². The number of methoxy groups -OCH3 is 1. The van der Waals surface area contributed by atoms with E-state index in [9.17, 15) is 4.79 Å². The zero-order valence-corrected chi connectivity index (χ0v) is 13.5. The number of nitrogens with zero attached hydrogens (tertiary/aromatic N) is 3. The van der Waals surface area contributed by atoms with E-state index in [0.29, 0.717) is 18.8 Å². The standard InChI is InChI=1S/C16H26N4O2/c1-3-19-8-10-20(11-9-19)14-5-7-17-15(13-14)16(21)18-6-4-12-22-2/h5,7,13H,3-4,6,8-12H2,1-2H3,(H,18,21). The molecule has 6 heteroatoms. The Labute approximate surface area is 132 Å². The van der Waals surface area contributed by atoms with Crippen LogP contribution < -0.4 is 10.2 Å². The molecule has 0 saturated carbocycles. The Hall–Kier alpha value is -1.66. The van der Waals surface area contributed by atoms with Crippen molar-refractivity contribution < 1.29 is 9.53 Å². The van der Waals surface area contributed by atoms with Crippen LogP contribution in [0.2, 0.25) is 0 Å². The van der Waals surface area contributed by atoms with Gasteiger partial charge in [-0.2, -0.15) is 0 Å². The van der Waals surface area contributed by atoms with Crippen molar-refractivity contribution in [3.05, 3.63) is 24.0 Å². The summed E-state index contributed by atoms with van der Waals surface area (Å²) in [7, 11) is 1.66. The zero-order chi connectivity index (χ0) is 15.8. The molecule has 1 aliphatic heterocycles. The molecule has 22 heavy (non-hydrogen) atoms. The summed E-state index contributed by atoms with van der Waals surface area (Å²) in [6.07, 6.45) is 2.52. The molecular formula is C16H26N4O2. The SMILES string of the molecule is CCN1CCN(c2ccnc(C(=O)NCCCOC)c2)CC1. The predicted octanol–water partition coefficient (Wildman–Crippen LogP) is 0.990. The maximum atomic E-state index is 12.1. The third kappa shape index (κ3) is 4.68. The molecular weight excluding hydrogens is 280 g/mol. The first-order valence-electron chi connectivity index (χ1n) is 7.95. The lowest BCUT2D eigenvalue weighted by Crippen LogP contribution is -2.46. The second-order valence-corrected chi connectivity index (χ2v) is 5.42. The highest BCUT2D eigenvalue weighted by Gasteiger charge is 2.17. The minimum atomic E-state index is -0.120. The Bertz CT molecular complexity index is 473. The number of hydrogen-bond donors (Lipinski definition) is 1. The van der Waals surface area contributed by atoms with Crippen molar-refractivity contribution in [2.24, 2.45) is 0 Å². The van der Waals surface area contributed by atoms with E-state index >= 15 is 0 Å². The summed E-state index contributed by atoms with van der Waals surface area (Å²) in [5.74, 6) is -0.120. The van der Waals surface area contributed by atoms with Gasteiger partial charge < -0.3 is 19.9 Å². The minimum Gasteiger partial charge on any atom is -0.385 e. The van der Waals surface area contributed by atoms with E-state index in [4.69, 9.17) is 4.74 Å². The lowest BCUT2D eigenvalue weighted by Gasteiger charge is -2.35. The highest BCUT2D eigenvalue weighted by atomic mass is 16.5. The molecule has 1 amide bonds. The summed E-state index contributed by atoms with van der Waals surface area (Å²) in [6, 6.07) is 3.86. The normalized spacial score (nSPS) is 15.8. The quantitative estimate of drug-likeness (QED) is 0.761. The van der Waals surface area contributed by atoms with Crippen LogP contribution in [0.5, 0.6) is 0 Å². The van der Waals surface area contributed by atoms with E-state index in [0.717, 1.165) is 44.8 Å². The smallest absolute Gasteiger partial charge is 0.269 e. The van der Waals surface area contributed by atoms with Gasteiger partial charge in [-0.3, -0.25) is 9.78 Å². The maximum Gasteiger partial charge on any atom is 0.269 e. The van der Waals surface area contributed by atoms with E-state index in [-0.39, 0.29) is 5.91 Å². The number of rotatable bonds is 7. The number of pyridine rings is 1. The summed E-state index contributed by atoms with van der Waals surface area (Å²) in [4.78, 5) is 21.0. The fraction of sp³-hybridized carbons (Fsp3) is 0.625. The predicted molar refractivity (Wildman–Crippen MR) is 87.4 cm³/mol. The molecule has 1 fully saturated rings. The maximum absolute atomic E-state index is 12.1. The molecule has 0 atom stereocenters. The van der Waals surface area contributed by atoms with Crippen molar-refractivity contribution >= 4 is 11.6 Å². The summed E-state index contributed by atoms with van der Waals surface area (Å²) in [5, 5.41) is 2.87. The summed E-state index contributed by atoms with van der Waals surface area (Å²) < 4.78 is 4.97. The summed E-state index contributed by atoms with van der Waals surface area (Å²) in [5.41, 5.74) is 1.56. The van der Waals surface area contributed by atoms with Crippen LogP contribution in [0.15, 0.2) is 18.3 Å².